The molecule has 0 aliphatic carbocycles. The lowest BCUT2D eigenvalue weighted by atomic mass is 10.1. The van der Waals surface area contributed by atoms with Crippen LogP contribution >= 0.6 is 0 Å². The molecule has 19 heavy (non-hydrogen) atoms. The van der Waals surface area contributed by atoms with E-state index in [9.17, 15) is 13.2 Å². The van der Waals surface area contributed by atoms with Crippen molar-refractivity contribution in [3.8, 4) is 0 Å². The maximum absolute atomic E-state index is 11.1. The quantitative estimate of drug-likeness (QED) is 0.462. The largest absolute Gasteiger partial charge is 0.373 e. The number of carbonyl (C=O) groups is 1. The van der Waals surface area contributed by atoms with Gasteiger partial charge >= 0.3 is 5.97 Å². The fourth-order valence-corrected chi connectivity index (χ4v) is 1.32. The average Bonchev–Trinajstić information content (AvgIpc) is 2.35. The van der Waals surface area contributed by atoms with Gasteiger partial charge in [0.1, 0.15) is 0 Å². The van der Waals surface area contributed by atoms with Crippen molar-refractivity contribution in [2.75, 3.05) is 6.26 Å². The lowest BCUT2D eigenvalue weighted by molar-refractivity contribution is -0.182. The minimum atomic E-state index is -3.67. The molecule has 7 nitrogen and oxygen atoms in total. The molecule has 1 aromatic heterocycles. The molecule has 0 aliphatic rings. The smallest absolute Gasteiger partial charge is 0.295 e. The second-order valence-electron chi connectivity index (χ2n) is 3.49. The number of hydrogen-bond donors (Lipinski definition) is 2. The Morgan fingerprint density at radius 1 is 1.26 bits per heavy atom. The summed E-state index contributed by atoms with van der Waals surface area (Å²) in [5.41, 5.74) is 0.994. The third-order valence-corrected chi connectivity index (χ3v) is 1.95. The molecule has 0 unspecified atom stereocenters. The number of aromatic nitrogens is 1. The van der Waals surface area contributed by atoms with Gasteiger partial charge in [0.15, 0.2) is 0 Å². The van der Waals surface area contributed by atoms with Crippen LogP contribution in [-0.2, 0) is 15.0 Å². The number of fused-ring (bicyclic) bond motifs is 1. The molecule has 0 bridgehead atoms. The average molecular weight is 285 g/mol. The number of nitrogens with zero attached hydrogens (tertiary/aromatic N) is 1. The first-order valence-corrected chi connectivity index (χ1v) is 6.79. The van der Waals surface area contributed by atoms with Gasteiger partial charge in [0.05, 0.1) is 17.3 Å². The zero-order chi connectivity index (χ0) is 14.5. The van der Waals surface area contributed by atoms with Crippen LogP contribution in [0.5, 0.6) is 0 Å². The van der Waals surface area contributed by atoms with Crippen LogP contribution in [0.1, 0.15) is 10.4 Å². The summed E-state index contributed by atoms with van der Waals surface area (Å²) in [6.45, 7) is 0. The van der Waals surface area contributed by atoms with Gasteiger partial charge in [0.25, 0.3) is 10.1 Å². The summed E-state index contributed by atoms with van der Waals surface area (Å²) in [5.74, 6) is -0.774. The molecule has 0 spiro atoms. The number of carbonyl (C=O) groups excluding carboxylic acids is 1. The van der Waals surface area contributed by atoms with Gasteiger partial charge in [-0.3, -0.25) is 14.4 Å². The predicted molar refractivity (Wildman–Crippen MR) is 67.3 cm³/mol. The summed E-state index contributed by atoms with van der Waals surface area (Å²) in [7, 11) is -3.67. The van der Waals surface area contributed by atoms with Crippen LogP contribution < -0.4 is 0 Å². The topological polar surface area (TPSA) is 114 Å². The molecule has 1 aromatic carbocycles. The fourth-order valence-electron chi connectivity index (χ4n) is 1.32. The fraction of sp³-hybridized carbons (Fsp3) is 0.0909. The van der Waals surface area contributed by atoms with E-state index in [4.69, 9.17) is 9.81 Å². The van der Waals surface area contributed by atoms with Crippen molar-refractivity contribution in [3.63, 3.8) is 0 Å². The van der Waals surface area contributed by atoms with Gasteiger partial charge in [-0.25, -0.2) is 4.79 Å². The first-order valence-electron chi connectivity index (χ1n) is 4.95. The molecule has 0 aliphatic heterocycles. The molecule has 0 saturated carbocycles. The second-order valence-corrected chi connectivity index (χ2v) is 4.95. The molecule has 102 valence electrons. The Hall–Kier alpha value is -2.03. The van der Waals surface area contributed by atoms with Gasteiger partial charge in [-0.05, 0) is 12.1 Å². The summed E-state index contributed by atoms with van der Waals surface area (Å²) in [6, 6.07) is 8.64. The van der Waals surface area contributed by atoms with Crippen molar-refractivity contribution in [3.05, 3.63) is 42.1 Å². The van der Waals surface area contributed by atoms with Crippen LogP contribution in [0.2, 0.25) is 0 Å². The molecular formula is C11H11NO6S. The van der Waals surface area contributed by atoms with E-state index in [0.717, 1.165) is 0 Å². The van der Waals surface area contributed by atoms with Gasteiger partial charge in [-0.2, -0.15) is 13.7 Å². The number of rotatable bonds is 1. The van der Waals surface area contributed by atoms with Crippen LogP contribution in [-0.4, -0.2) is 35.4 Å². The van der Waals surface area contributed by atoms with E-state index in [1.54, 1.807) is 18.2 Å². The molecule has 0 atom stereocenters. The molecule has 0 saturated heterocycles. The third kappa shape index (κ3) is 5.00. The number of benzene rings is 1. The molecule has 8 heteroatoms. The van der Waals surface area contributed by atoms with Crippen molar-refractivity contribution in [2.45, 2.75) is 0 Å². The summed E-state index contributed by atoms with van der Waals surface area (Å²) in [4.78, 5) is 18.9. The zero-order valence-electron chi connectivity index (χ0n) is 9.85. The molecular weight excluding hydrogens is 274 g/mol. The molecule has 2 rings (SSSR count). The minimum absolute atomic E-state index is 0.304. The summed E-state index contributed by atoms with van der Waals surface area (Å²) < 4.78 is 25.9. The Bertz CT molecular complexity index is 669. The van der Waals surface area contributed by atoms with Crippen LogP contribution in [0.3, 0.4) is 0 Å². The van der Waals surface area contributed by atoms with Crippen LogP contribution in [0.4, 0.5) is 0 Å². The molecule has 0 amide bonds. The van der Waals surface area contributed by atoms with E-state index >= 15 is 0 Å². The highest BCUT2D eigenvalue weighted by molar-refractivity contribution is 7.85. The minimum Gasteiger partial charge on any atom is -0.295 e. The van der Waals surface area contributed by atoms with Crippen LogP contribution in [0, 0.1) is 0 Å². The number of hydrogen-bond acceptors (Lipinski definition) is 6. The summed E-state index contributed by atoms with van der Waals surface area (Å²) >= 11 is 0. The first-order chi connectivity index (χ1) is 8.83. The van der Waals surface area contributed by atoms with Gasteiger partial charge in [-0.1, -0.05) is 18.2 Å². The Morgan fingerprint density at radius 2 is 1.84 bits per heavy atom. The maximum atomic E-state index is 11.1. The van der Waals surface area contributed by atoms with Crippen molar-refractivity contribution in [1.29, 1.82) is 0 Å². The van der Waals surface area contributed by atoms with Gasteiger partial charge in [0, 0.05) is 11.6 Å². The van der Waals surface area contributed by atoms with E-state index in [1.807, 2.05) is 6.07 Å². The lowest BCUT2D eigenvalue weighted by Gasteiger charge is -2.01. The predicted octanol–water partition coefficient (Wildman–Crippen LogP) is 1.37. The zero-order valence-corrected chi connectivity index (χ0v) is 10.7. The van der Waals surface area contributed by atoms with E-state index < -0.39 is 16.1 Å². The molecule has 0 fully saturated rings. The van der Waals surface area contributed by atoms with Crippen molar-refractivity contribution < 1.29 is 27.9 Å². The summed E-state index contributed by atoms with van der Waals surface area (Å²) in [5, 5.41) is 8.94. The van der Waals surface area contributed by atoms with E-state index in [-0.39, 0.29) is 0 Å². The Balaban J connectivity index is 0.000000312. The third-order valence-electron chi connectivity index (χ3n) is 1.95. The van der Waals surface area contributed by atoms with E-state index in [0.29, 0.717) is 22.7 Å². The van der Waals surface area contributed by atoms with Gasteiger partial charge in [0.2, 0.25) is 0 Å². The Kier molecular flexibility index (Phi) is 4.93. The Morgan fingerprint density at radius 3 is 2.42 bits per heavy atom. The van der Waals surface area contributed by atoms with Crippen LogP contribution in [0.25, 0.3) is 10.9 Å². The molecule has 2 aromatic rings. The number of para-hydroxylation sites is 1. The summed E-state index contributed by atoms with van der Waals surface area (Å²) in [6.07, 6.45) is 2.21. The van der Waals surface area contributed by atoms with E-state index in [2.05, 4.69) is 9.87 Å². The Labute approximate surface area is 109 Å². The van der Waals surface area contributed by atoms with Crippen molar-refractivity contribution in [2.24, 2.45) is 0 Å². The lowest BCUT2D eigenvalue weighted by Crippen LogP contribution is -2.02. The molecule has 0 radical (unpaired) electrons. The monoisotopic (exact) mass is 285 g/mol. The van der Waals surface area contributed by atoms with Crippen molar-refractivity contribution in [1.82, 2.24) is 4.98 Å². The van der Waals surface area contributed by atoms with Gasteiger partial charge < -0.3 is 0 Å². The first kappa shape index (κ1) is 15.0. The SMILES string of the molecule is CS(=O)(=O)O.O=C(OO)c1ccnc2ccccc12. The maximum Gasteiger partial charge on any atom is 0.373 e. The second kappa shape index (κ2) is 6.23. The molecule has 1 heterocycles. The normalized spacial score (nSPS) is 10.5. The highest BCUT2D eigenvalue weighted by Crippen LogP contribution is 2.16. The standard InChI is InChI=1S/C10H7NO3.CH4O3S/c12-10(14-13)8-5-6-11-9-4-2-1-3-7(8)9;1-5(2,3)4/h1-6,13H;1H3,(H,2,3,4). The number of pyridine rings is 1. The van der Waals surface area contributed by atoms with E-state index in [1.165, 1.54) is 12.3 Å². The van der Waals surface area contributed by atoms with Crippen LogP contribution in [0.15, 0.2) is 36.5 Å². The highest BCUT2D eigenvalue weighted by atomic mass is 32.2. The highest BCUT2D eigenvalue weighted by Gasteiger charge is 2.10. The van der Waals surface area contributed by atoms with Crippen molar-refractivity contribution >= 4 is 27.0 Å². The van der Waals surface area contributed by atoms with Gasteiger partial charge in [-0.15, -0.1) is 0 Å². The molecule has 2 N–H and O–H groups in total.